The van der Waals surface area contributed by atoms with Crippen LogP contribution in [0.1, 0.15) is 31.1 Å². The zero-order valence-electron chi connectivity index (χ0n) is 14.8. The maximum atomic E-state index is 12.5. The Balaban J connectivity index is 1.38. The van der Waals surface area contributed by atoms with Gasteiger partial charge in [-0.3, -0.25) is 4.79 Å². The molecule has 1 aromatic carbocycles. The summed E-state index contributed by atoms with van der Waals surface area (Å²) in [5.41, 5.74) is 0.867. The van der Waals surface area contributed by atoms with E-state index in [1.54, 1.807) is 11.1 Å². The number of nitrogens with one attached hydrogen (secondary N) is 2. The van der Waals surface area contributed by atoms with Gasteiger partial charge < -0.3 is 20.1 Å². The van der Waals surface area contributed by atoms with Crippen LogP contribution in [0, 0.1) is 5.92 Å². The number of benzene rings is 1. The van der Waals surface area contributed by atoms with Gasteiger partial charge in [0.2, 0.25) is 5.91 Å². The van der Waals surface area contributed by atoms with E-state index in [1.165, 1.54) is 0 Å². The molecule has 1 saturated carbocycles. The van der Waals surface area contributed by atoms with Crippen LogP contribution in [0.2, 0.25) is 0 Å². The molecular formula is C19H23N5O2. The van der Waals surface area contributed by atoms with Crippen LogP contribution in [0.4, 0.5) is 10.5 Å². The summed E-state index contributed by atoms with van der Waals surface area (Å²) < 4.78 is 1.94. The number of anilines is 1. The van der Waals surface area contributed by atoms with Crippen molar-refractivity contribution >= 4 is 17.6 Å². The average molecular weight is 353 g/mol. The Hall–Kier alpha value is -2.83. The number of para-hydroxylation sites is 1. The average Bonchev–Trinajstić information content (AvgIpc) is 3.29. The zero-order valence-corrected chi connectivity index (χ0v) is 14.8. The van der Waals surface area contributed by atoms with E-state index in [0.717, 1.165) is 24.4 Å². The zero-order chi connectivity index (χ0) is 18.1. The lowest BCUT2D eigenvalue weighted by molar-refractivity contribution is -0.117. The quantitative estimate of drug-likeness (QED) is 0.863. The van der Waals surface area contributed by atoms with Crippen molar-refractivity contribution < 1.29 is 9.59 Å². The van der Waals surface area contributed by atoms with Gasteiger partial charge in [0.15, 0.2) is 0 Å². The summed E-state index contributed by atoms with van der Waals surface area (Å²) in [6.07, 6.45) is 6.15. The molecule has 7 heteroatoms. The van der Waals surface area contributed by atoms with E-state index >= 15 is 0 Å². The summed E-state index contributed by atoms with van der Waals surface area (Å²) in [4.78, 5) is 30.9. The molecule has 2 atom stereocenters. The molecule has 0 bridgehead atoms. The second-order valence-electron chi connectivity index (χ2n) is 7.07. The van der Waals surface area contributed by atoms with E-state index in [2.05, 4.69) is 15.6 Å². The van der Waals surface area contributed by atoms with Crippen molar-refractivity contribution in [3.8, 4) is 0 Å². The van der Waals surface area contributed by atoms with Crippen LogP contribution in [0.25, 0.3) is 0 Å². The monoisotopic (exact) mass is 353 g/mol. The van der Waals surface area contributed by atoms with Crippen LogP contribution < -0.4 is 15.5 Å². The molecule has 0 radical (unpaired) electrons. The summed E-state index contributed by atoms with van der Waals surface area (Å²) in [6, 6.07) is 9.03. The molecule has 2 unspecified atom stereocenters. The van der Waals surface area contributed by atoms with E-state index in [-0.39, 0.29) is 24.0 Å². The Morgan fingerprint density at radius 2 is 2.04 bits per heavy atom. The third-order valence-electron chi connectivity index (χ3n) is 5.04. The fraction of sp³-hybridized carbons (Fsp3) is 0.421. The van der Waals surface area contributed by atoms with Crippen LogP contribution in [-0.2, 0) is 11.8 Å². The predicted octanol–water partition coefficient (Wildman–Crippen LogP) is 1.98. The molecule has 2 fully saturated rings. The number of aryl methyl sites for hydroxylation is 1. The lowest BCUT2D eigenvalue weighted by atomic mass is 10.1. The fourth-order valence-electron chi connectivity index (χ4n) is 3.53. The SMILES string of the molecule is Cn1ccnc1C(NC(=O)NC1CC(=O)N(c2ccccc2)C1)C1CC1. The highest BCUT2D eigenvalue weighted by Crippen LogP contribution is 2.40. The Morgan fingerprint density at radius 1 is 1.27 bits per heavy atom. The summed E-state index contributed by atoms with van der Waals surface area (Å²) in [5.74, 6) is 1.34. The number of hydrogen-bond donors (Lipinski definition) is 2. The van der Waals surface area contributed by atoms with E-state index in [4.69, 9.17) is 0 Å². The second-order valence-corrected chi connectivity index (χ2v) is 7.07. The van der Waals surface area contributed by atoms with Crippen molar-refractivity contribution in [2.45, 2.75) is 31.3 Å². The van der Waals surface area contributed by atoms with E-state index < -0.39 is 0 Å². The normalized spacial score (nSPS) is 20.9. The van der Waals surface area contributed by atoms with Gasteiger partial charge in [-0.25, -0.2) is 9.78 Å². The summed E-state index contributed by atoms with van der Waals surface area (Å²) in [5, 5.41) is 6.01. The molecular weight excluding hydrogens is 330 g/mol. The smallest absolute Gasteiger partial charge is 0.315 e. The molecule has 26 heavy (non-hydrogen) atoms. The molecule has 1 saturated heterocycles. The van der Waals surface area contributed by atoms with E-state index in [9.17, 15) is 9.59 Å². The van der Waals surface area contributed by atoms with Crippen molar-refractivity contribution in [3.63, 3.8) is 0 Å². The molecule has 136 valence electrons. The molecule has 2 heterocycles. The fourth-order valence-corrected chi connectivity index (χ4v) is 3.53. The predicted molar refractivity (Wildman–Crippen MR) is 97.5 cm³/mol. The minimum atomic E-state index is -0.238. The third kappa shape index (κ3) is 3.42. The Labute approximate surface area is 152 Å². The third-order valence-corrected chi connectivity index (χ3v) is 5.04. The van der Waals surface area contributed by atoms with Crippen molar-refractivity contribution in [3.05, 3.63) is 48.5 Å². The highest BCUT2D eigenvalue weighted by atomic mass is 16.2. The van der Waals surface area contributed by atoms with Crippen molar-refractivity contribution in [1.82, 2.24) is 20.2 Å². The van der Waals surface area contributed by atoms with Gasteiger partial charge >= 0.3 is 6.03 Å². The first-order chi connectivity index (χ1) is 12.6. The highest BCUT2D eigenvalue weighted by molar-refractivity contribution is 5.96. The first kappa shape index (κ1) is 16.6. The van der Waals surface area contributed by atoms with Crippen LogP contribution in [0.15, 0.2) is 42.7 Å². The van der Waals surface area contributed by atoms with Crippen molar-refractivity contribution in [1.29, 1.82) is 0 Å². The van der Waals surface area contributed by atoms with Crippen molar-refractivity contribution in [2.24, 2.45) is 13.0 Å². The van der Waals surface area contributed by atoms with E-state index in [1.807, 2.05) is 48.1 Å². The summed E-state index contributed by atoms with van der Waals surface area (Å²) in [6.45, 7) is 0.493. The Morgan fingerprint density at radius 3 is 2.69 bits per heavy atom. The number of aromatic nitrogens is 2. The van der Waals surface area contributed by atoms with Gasteiger partial charge in [-0.1, -0.05) is 18.2 Å². The van der Waals surface area contributed by atoms with Gasteiger partial charge in [0, 0.05) is 38.1 Å². The molecule has 1 aliphatic carbocycles. The van der Waals surface area contributed by atoms with Gasteiger partial charge in [-0.05, 0) is 30.9 Å². The number of carbonyl (C=O) groups excluding carboxylic acids is 2. The van der Waals surface area contributed by atoms with Gasteiger partial charge in [0.05, 0.1) is 12.1 Å². The summed E-state index contributed by atoms with van der Waals surface area (Å²) in [7, 11) is 1.94. The number of rotatable bonds is 5. The maximum Gasteiger partial charge on any atom is 0.315 e. The van der Waals surface area contributed by atoms with Crippen LogP contribution in [0.5, 0.6) is 0 Å². The molecule has 4 rings (SSSR count). The number of urea groups is 1. The number of amides is 3. The standard InChI is InChI=1S/C19H23N5O2/c1-23-10-9-20-18(23)17(13-7-8-13)22-19(26)21-14-11-16(25)24(12-14)15-5-3-2-4-6-15/h2-6,9-10,13-14,17H,7-8,11-12H2,1H3,(H2,21,22,26). The first-order valence-corrected chi connectivity index (χ1v) is 9.01. The Kier molecular flexibility index (Phi) is 4.36. The van der Waals surface area contributed by atoms with Gasteiger partial charge in [0.1, 0.15) is 5.82 Å². The van der Waals surface area contributed by atoms with Crippen LogP contribution >= 0.6 is 0 Å². The van der Waals surface area contributed by atoms with E-state index in [0.29, 0.717) is 18.9 Å². The molecule has 3 amide bonds. The highest BCUT2D eigenvalue weighted by Gasteiger charge is 2.37. The van der Waals surface area contributed by atoms with Crippen molar-refractivity contribution in [2.75, 3.05) is 11.4 Å². The molecule has 1 aliphatic heterocycles. The molecule has 0 spiro atoms. The van der Waals surface area contributed by atoms with Gasteiger partial charge in [-0.15, -0.1) is 0 Å². The summed E-state index contributed by atoms with van der Waals surface area (Å²) >= 11 is 0. The minimum absolute atomic E-state index is 0.0318. The number of imidazole rings is 1. The molecule has 2 aromatic rings. The largest absolute Gasteiger partial charge is 0.336 e. The molecule has 1 aromatic heterocycles. The first-order valence-electron chi connectivity index (χ1n) is 9.01. The topological polar surface area (TPSA) is 79.3 Å². The van der Waals surface area contributed by atoms with Crippen LogP contribution in [0.3, 0.4) is 0 Å². The number of nitrogens with zero attached hydrogens (tertiary/aromatic N) is 3. The lowest BCUT2D eigenvalue weighted by Gasteiger charge is -2.21. The van der Waals surface area contributed by atoms with Gasteiger partial charge in [0.25, 0.3) is 0 Å². The maximum absolute atomic E-state index is 12.5. The number of carbonyl (C=O) groups is 2. The Bertz CT molecular complexity index is 799. The number of hydrogen-bond acceptors (Lipinski definition) is 3. The minimum Gasteiger partial charge on any atom is -0.336 e. The second kappa shape index (κ2) is 6.82. The lowest BCUT2D eigenvalue weighted by Crippen LogP contribution is -2.45. The molecule has 2 N–H and O–H groups in total. The van der Waals surface area contributed by atoms with Gasteiger partial charge in [-0.2, -0.15) is 0 Å². The molecule has 2 aliphatic rings. The van der Waals surface area contributed by atoms with Crippen LogP contribution in [-0.4, -0.2) is 34.1 Å². The molecule has 7 nitrogen and oxygen atoms in total.